The second-order valence-electron chi connectivity index (χ2n) is 7.11. The molecule has 0 spiro atoms. The lowest BCUT2D eigenvalue weighted by molar-refractivity contribution is 0.104. The van der Waals surface area contributed by atoms with Crippen molar-refractivity contribution in [3.05, 3.63) is 75.8 Å². The summed E-state index contributed by atoms with van der Waals surface area (Å²) >= 11 is 7.28. The Balaban J connectivity index is 1.87. The minimum absolute atomic E-state index is 0.117. The van der Waals surface area contributed by atoms with Crippen molar-refractivity contribution >= 4 is 50.3 Å². The van der Waals surface area contributed by atoms with E-state index in [1.54, 1.807) is 24.3 Å². The zero-order chi connectivity index (χ0) is 20.7. The molecule has 4 aromatic rings. The average molecular weight is 422 g/mol. The van der Waals surface area contributed by atoms with Crippen LogP contribution in [0.3, 0.4) is 0 Å². The van der Waals surface area contributed by atoms with Crippen molar-refractivity contribution < 1.29 is 4.79 Å². The lowest BCUT2D eigenvalue weighted by atomic mass is 10.00. The van der Waals surface area contributed by atoms with Crippen molar-refractivity contribution in [3.8, 4) is 11.1 Å². The Morgan fingerprint density at radius 3 is 2.34 bits per heavy atom. The quantitative estimate of drug-likeness (QED) is 0.423. The Labute approximate surface area is 178 Å². The number of hydrogen-bond donors (Lipinski definition) is 1. The molecule has 2 N–H and O–H groups in total. The monoisotopic (exact) mass is 421 g/mol. The molecule has 2 heterocycles. The summed E-state index contributed by atoms with van der Waals surface area (Å²) in [7, 11) is 4.02. The highest BCUT2D eigenvalue weighted by Crippen LogP contribution is 2.40. The highest BCUT2D eigenvalue weighted by molar-refractivity contribution is 7.21. The van der Waals surface area contributed by atoms with Crippen molar-refractivity contribution in [2.45, 2.75) is 6.92 Å². The maximum absolute atomic E-state index is 13.1. The molecule has 0 fully saturated rings. The van der Waals surface area contributed by atoms with Gasteiger partial charge in [-0.3, -0.25) is 4.79 Å². The van der Waals surface area contributed by atoms with E-state index in [2.05, 4.69) is 34.1 Å². The van der Waals surface area contributed by atoms with Crippen LogP contribution in [0.4, 0.5) is 11.4 Å². The van der Waals surface area contributed by atoms with Crippen molar-refractivity contribution in [3.63, 3.8) is 0 Å². The first-order valence-electron chi connectivity index (χ1n) is 9.13. The van der Waals surface area contributed by atoms with E-state index in [4.69, 9.17) is 17.3 Å². The maximum atomic E-state index is 13.1. The lowest BCUT2D eigenvalue weighted by Crippen LogP contribution is -2.07. The van der Waals surface area contributed by atoms with Gasteiger partial charge in [-0.15, -0.1) is 11.3 Å². The number of fused-ring (bicyclic) bond motifs is 1. The van der Waals surface area contributed by atoms with Gasteiger partial charge < -0.3 is 10.6 Å². The Hall–Kier alpha value is -2.89. The summed E-state index contributed by atoms with van der Waals surface area (Å²) in [5, 5.41) is 1.42. The van der Waals surface area contributed by atoms with Gasteiger partial charge in [-0.1, -0.05) is 23.7 Å². The highest BCUT2D eigenvalue weighted by atomic mass is 35.5. The van der Waals surface area contributed by atoms with Gasteiger partial charge in [-0.25, -0.2) is 4.98 Å². The molecule has 0 aliphatic carbocycles. The number of nitrogen functional groups attached to an aromatic ring is 1. The van der Waals surface area contributed by atoms with Crippen LogP contribution >= 0.6 is 22.9 Å². The van der Waals surface area contributed by atoms with Crippen LogP contribution < -0.4 is 10.6 Å². The Morgan fingerprint density at radius 1 is 1.07 bits per heavy atom. The van der Waals surface area contributed by atoms with E-state index in [-0.39, 0.29) is 5.78 Å². The Morgan fingerprint density at radius 2 is 1.72 bits per heavy atom. The van der Waals surface area contributed by atoms with Crippen LogP contribution in [0.1, 0.15) is 20.9 Å². The second kappa shape index (κ2) is 7.50. The van der Waals surface area contributed by atoms with Crippen LogP contribution in [0.25, 0.3) is 21.3 Å². The number of aromatic nitrogens is 1. The molecule has 0 aliphatic rings. The number of hydrogen-bond acceptors (Lipinski definition) is 5. The first kappa shape index (κ1) is 19.4. The van der Waals surface area contributed by atoms with E-state index in [1.165, 1.54) is 11.3 Å². The zero-order valence-corrected chi connectivity index (χ0v) is 17.9. The van der Waals surface area contributed by atoms with Gasteiger partial charge >= 0.3 is 0 Å². The molecule has 4 nitrogen and oxygen atoms in total. The van der Waals surface area contributed by atoms with Crippen molar-refractivity contribution in [1.29, 1.82) is 0 Å². The molecule has 0 aliphatic heterocycles. The van der Waals surface area contributed by atoms with E-state index in [9.17, 15) is 4.79 Å². The van der Waals surface area contributed by atoms with Crippen molar-refractivity contribution in [1.82, 2.24) is 4.98 Å². The minimum Gasteiger partial charge on any atom is -0.397 e. The molecule has 0 bridgehead atoms. The number of ketones is 1. The molecule has 146 valence electrons. The molecule has 0 saturated heterocycles. The third kappa shape index (κ3) is 3.59. The Bertz CT molecular complexity index is 1210. The smallest absolute Gasteiger partial charge is 0.205 e. The summed E-state index contributed by atoms with van der Waals surface area (Å²) in [6, 6.07) is 17.1. The predicted octanol–water partition coefficient (Wildman–Crippen LogP) is 5.80. The summed E-state index contributed by atoms with van der Waals surface area (Å²) in [4.78, 5) is 21.0. The van der Waals surface area contributed by atoms with Gasteiger partial charge in [-0.2, -0.15) is 0 Å². The molecule has 0 radical (unpaired) electrons. The van der Waals surface area contributed by atoms with Crippen LogP contribution in [-0.4, -0.2) is 24.9 Å². The number of aryl methyl sites for hydroxylation is 1. The first-order chi connectivity index (χ1) is 13.8. The molecule has 0 amide bonds. The van der Waals surface area contributed by atoms with E-state index < -0.39 is 0 Å². The van der Waals surface area contributed by atoms with Crippen LogP contribution in [0.5, 0.6) is 0 Å². The number of carbonyl (C=O) groups excluding carboxylic acids is 1. The molecule has 0 saturated carbocycles. The van der Waals surface area contributed by atoms with Crippen molar-refractivity contribution in [2.75, 3.05) is 24.7 Å². The van der Waals surface area contributed by atoms with E-state index in [0.29, 0.717) is 21.2 Å². The predicted molar refractivity (Wildman–Crippen MR) is 123 cm³/mol. The normalized spacial score (nSPS) is 11.0. The van der Waals surface area contributed by atoms with E-state index >= 15 is 0 Å². The molecule has 4 rings (SSSR count). The molecule has 0 atom stereocenters. The number of benzene rings is 2. The number of rotatable bonds is 4. The maximum Gasteiger partial charge on any atom is 0.205 e. The van der Waals surface area contributed by atoms with Gasteiger partial charge in [0, 0.05) is 41.4 Å². The van der Waals surface area contributed by atoms with E-state index in [1.807, 2.05) is 27.1 Å². The third-order valence-electron chi connectivity index (χ3n) is 4.83. The number of carbonyl (C=O) groups is 1. The van der Waals surface area contributed by atoms with Crippen molar-refractivity contribution in [2.24, 2.45) is 0 Å². The summed E-state index contributed by atoms with van der Waals surface area (Å²) < 4.78 is 0. The van der Waals surface area contributed by atoms with Crippen LogP contribution in [0.2, 0.25) is 5.02 Å². The summed E-state index contributed by atoms with van der Waals surface area (Å²) in [6.45, 7) is 1.95. The minimum atomic E-state index is -0.117. The third-order valence-corrected chi connectivity index (χ3v) is 6.18. The zero-order valence-electron chi connectivity index (χ0n) is 16.4. The largest absolute Gasteiger partial charge is 0.397 e. The van der Waals surface area contributed by atoms with Gasteiger partial charge in [-0.05, 0) is 60.5 Å². The van der Waals surface area contributed by atoms with Crippen LogP contribution in [-0.2, 0) is 0 Å². The fraction of sp³-hybridized carbons (Fsp3) is 0.130. The van der Waals surface area contributed by atoms with Gasteiger partial charge in [0.05, 0.1) is 5.69 Å². The topological polar surface area (TPSA) is 59.2 Å². The number of anilines is 2. The van der Waals surface area contributed by atoms with E-state index in [0.717, 1.165) is 32.7 Å². The first-order valence-corrected chi connectivity index (χ1v) is 10.3. The highest BCUT2D eigenvalue weighted by Gasteiger charge is 2.21. The average Bonchev–Trinajstić information content (AvgIpc) is 3.03. The second-order valence-corrected chi connectivity index (χ2v) is 8.55. The summed E-state index contributed by atoms with van der Waals surface area (Å²) in [6.07, 6.45) is 0. The Kier molecular flexibility index (Phi) is 5.03. The molecule has 2 aromatic carbocycles. The van der Waals surface area contributed by atoms with Gasteiger partial charge in [0.15, 0.2) is 0 Å². The number of halogens is 1. The fourth-order valence-corrected chi connectivity index (χ4v) is 4.57. The number of pyridine rings is 1. The summed E-state index contributed by atoms with van der Waals surface area (Å²) in [5.41, 5.74) is 11.6. The molecule has 0 unspecified atom stereocenters. The molecule has 6 heteroatoms. The molecule has 29 heavy (non-hydrogen) atoms. The summed E-state index contributed by atoms with van der Waals surface area (Å²) in [5.74, 6) is -0.117. The molecule has 2 aromatic heterocycles. The fourth-order valence-electron chi connectivity index (χ4n) is 3.31. The molecular weight excluding hydrogens is 402 g/mol. The number of thiophene rings is 1. The SMILES string of the molecule is Cc1cc(-c2ccc(N(C)C)cc2)c2c(N)c(C(=O)c3ccc(Cl)cc3)sc2n1. The van der Waals surface area contributed by atoms with Gasteiger partial charge in [0.1, 0.15) is 9.71 Å². The number of nitrogens with two attached hydrogens (primary N) is 1. The number of nitrogens with zero attached hydrogens (tertiary/aromatic N) is 2. The van der Waals surface area contributed by atoms with Crippen LogP contribution in [0.15, 0.2) is 54.6 Å². The lowest BCUT2D eigenvalue weighted by Gasteiger charge is -2.13. The van der Waals surface area contributed by atoms with Gasteiger partial charge in [0.25, 0.3) is 0 Å². The van der Waals surface area contributed by atoms with Crippen LogP contribution in [0, 0.1) is 6.92 Å². The molecular formula is C23H20ClN3OS. The standard InChI is InChI=1S/C23H20ClN3OS/c1-13-12-18(14-6-10-17(11-7-14)27(2)3)19-20(25)22(29-23(19)26-13)21(28)15-4-8-16(24)9-5-15/h4-12H,25H2,1-3H3. The van der Waals surface area contributed by atoms with Gasteiger partial charge in [0.2, 0.25) is 5.78 Å².